The standard InChI is InChI=1S/C27H28NO4PS/c1-3-31-27(29)17-15-21-19-25(24-18-20(30-2)14-16-26(24)32-21)28-33(34,22-10-6-4-7-11-22)23-12-8-5-9-13-23/h4-18,21,25H,3,19H2,1-2H3,(H,28,34)/b17-15+. The SMILES string of the molecule is CCOC(=O)/C=C/C1CC(NP(=S)(c2ccccc2)c2ccccc2)c2cc(OC)ccc2O1. The number of ether oxygens (including phenoxy) is 3. The summed E-state index contributed by atoms with van der Waals surface area (Å²) in [6.07, 6.45) is 1.12. The van der Waals surface area contributed by atoms with Gasteiger partial charge in [-0.05, 0) is 31.2 Å². The summed E-state index contributed by atoms with van der Waals surface area (Å²) in [5.41, 5.74) is 0.987. The fourth-order valence-corrected chi connectivity index (χ4v) is 7.59. The van der Waals surface area contributed by atoms with Gasteiger partial charge in [0.15, 0.2) is 0 Å². The van der Waals surface area contributed by atoms with Crippen LogP contribution in [-0.2, 0) is 21.3 Å². The van der Waals surface area contributed by atoms with Gasteiger partial charge in [0, 0.05) is 34.7 Å². The number of benzene rings is 3. The lowest BCUT2D eigenvalue weighted by Crippen LogP contribution is -2.35. The molecule has 4 rings (SSSR count). The Morgan fingerprint density at radius 2 is 1.74 bits per heavy atom. The Labute approximate surface area is 205 Å². The number of carbonyl (C=O) groups excluding carboxylic acids is 1. The predicted molar refractivity (Wildman–Crippen MR) is 140 cm³/mol. The molecule has 0 aliphatic carbocycles. The highest BCUT2D eigenvalue weighted by molar-refractivity contribution is 8.20. The molecule has 5 nitrogen and oxygen atoms in total. The number of methoxy groups -OCH3 is 1. The van der Waals surface area contributed by atoms with Crippen molar-refractivity contribution in [3.63, 3.8) is 0 Å². The molecule has 0 radical (unpaired) electrons. The van der Waals surface area contributed by atoms with Crippen molar-refractivity contribution in [2.45, 2.75) is 25.5 Å². The zero-order valence-electron chi connectivity index (χ0n) is 19.2. The van der Waals surface area contributed by atoms with Crippen LogP contribution in [-0.4, -0.2) is 25.8 Å². The second-order valence-corrected chi connectivity index (χ2v) is 12.0. The maximum absolute atomic E-state index is 11.9. The van der Waals surface area contributed by atoms with Crippen LogP contribution in [0.4, 0.5) is 0 Å². The fourth-order valence-electron chi connectivity index (χ4n) is 4.01. The van der Waals surface area contributed by atoms with Crippen molar-refractivity contribution >= 4 is 34.6 Å². The average Bonchev–Trinajstić information content (AvgIpc) is 2.88. The molecule has 1 N–H and O–H groups in total. The molecule has 0 saturated carbocycles. The lowest BCUT2D eigenvalue weighted by Gasteiger charge is -2.36. The van der Waals surface area contributed by atoms with Gasteiger partial charge in [0.25, 0.3) is 0 Å². The van der Waals surface area contributed by atoms with Crippen LogP contribution < -0.4 is 25.2 Å². The van der Waals surface area contributed by atoms with Gasteiger partial charge in [-0.3, -0.25) is 5.09 Å². The quantitative estimate of drug-likeness (QED) is 0.280. The molecule has 2 unspecified atom stereocenters. The van der Waals surface area contributed by atoms with E-state index in [0.717, 1.165) is 27.7 Å². The van der Waals surface area contributed by atoms with Gasteiger partial charge in [0.1, 0.15) is 17.6 Å². The van der Waals surface area contributed by atoms with Crippen molar-refractivity contribution in [2.75, 3.05) is 13.7 Å². The third kappa shape index (κ3) is 5.41. The summed E-state index contributed by atoms with van der Waals surface area (Å²) < 4.78 is 16.7. The lowest BCUT2D eigenvalue weighted by atomic mass is 9.96. The molecule has 0 fully saturated rings. The number of fused-ring (bicyclic) bond motifs is 1. The van der Waals surface area contributed by atoms with Crippen molar-refractivity contribution in [3.05, 3.63) is 96.6 Å². The van der Waals surface area contributed by atoms with E-state index in [1.54, 1.807) is 20.1 Å². The minimum atomic E-state index is -2.38. The van der Waals surface area contributed by atoms with Crippen molar-refractivity contribution in [3.8, 4) is 11.5 Å². The molecule has 2 atom stereocenters. The van der Waals surface area contributed by atoms with Crippen LogP contribution in [0.2, 0.25) is 0 Å². The van der Waals surface area contributed by atoms with E-state index in [0.29, 0.717) is 13.0 Å². The van der Waals surface area contributed by atoms with Gasteiger partial charge >= 0.3 is 5.97 Å². The van der Waals surface area contributed by atoms with Gasteiger partial charge in [-0.15, -0.1) is 0 Å². The lowest BCUT2D eigenvalue weighted by molar-refractivity contribution is -0.137. The van der Waals surface area contributed by atoms with Gasteiger partial charge in [-0.2, -0.15) is 0 Å². The number of hydrogen-bond donors (Lipinski definition) is 1. The molecular formula is C27H28NO4PS. The Balaban J connectivity index is 1.74. The minimum Gasteiger partial charge on any atom is -0.497 e. The van der Waals surface area contributed by atoms with Crippen LogP contribution in [0.15, 0.2) is 91.0 Å². The molecule has 34 heavy (non-hydrogen) atoms. The third-order valence-corrected chi connectivity index (χ3v) is 9.96. The van der Waals surface area contributed by atoms with E-state index >= 15 is 0 Å². The minimum absolute atomic E-state index is 0.109. The Bertz CT molecular complexity index is 1160. The van der Waals surface area contributed by atoms with Crippen LogP contribution >= 0.6 is 6.19 Å². The largest absolute Gasteiger partial charge is 0.497 e. The Hall–Kier alpha value is -2.92. The highest BCUT2D eigenvalue weighted by Gasteiger charge is 2.33. The predicted octanol–water partition coefficient (Wildman–Crippen LogP) is 4.64. The number of carbonyl (C=O) groups is 1. The normalized spacial score (nSPS) is 17.6. The van der Waals surface area contributed by atoms with E-state index in [1.807, 2.05) is 54.6 Å². The Morgan fingerprint density at radius 3 is 2.32 bits per heavy atom. The first kappa shape index (κ1) is 24.2. The molecule has 7 heteroatoms. The second kappa shape index (κ2) is 11.0. The van der Waals surface area contributed by atoms with Crippen molar-refractivity contribution in [1.29, 1.82) is 0 Å². The maximum atomic E-state index is 11.9. The van der Waals surface area contributed by atoms with Gasteiger partial charge < -0.3 is 14.2 Å². The van der Waals surface area contributed by atoms with Gasteiger partial charge in [-0.1, -0.05) is 72.5 Å². The molecule has 1 aliphatic heterocycles. The molecule has 176 valence electrons. The average molecular weight is 494 g/mol. The molecule has 0 saturated heterocycles. The molecular weight excluding hydrogens is 465 g/mol. The fraction of sp³-hybridized carbons (Fsp3) is 0.222. The van der Waals surface area contributed by atoms with E-state index in [1.165, 1.54) is 6.08 Å². The van der Waals surface area contributed by atoms with Crippen molar-refractivity contribution in [2.24, 2.45) is 0 Å². The molecule has 0 spiro atoms. The van der Waals surface area contributed by atoms with E-state index in [9.17, 15) is 4.79 Å². The number of hydrogen-bond acceptors (Lipinski definition) is 5. The first-order chi connectivity index (χ1) is 16.5. The first-order valence-electron chi connectivity index (χ1n) is 11.2. The van der Waals surface area contributed by atoms with E-state index in [2.05, 4.69) is 29.4 Å². The zero-order chi connectivity index (χ0) is 24.0. The van der Waals surface area contributed by atoms with Crippen LogP contribution in [0, 0.1) is 0 Å². The summed E-state index contributed by atoms with van der Waals surface area (Å²) in [7, 11) is 1.65. The zero-order valence-corrected chi connectivity index (χ0v) is 20.9. The highest BCUT2D eigenvalue weighted by atomic mass is 32.4. The summed E-state index contributed by atoms with van der Waals surface area (Å²) in [5.74, 6) is 1.11. The van der Waals surface area contributed by atoms with Gasteiger partial charge in [0.05, 0.1) is 19.9 Å². The second-order valence-electron chi connectivity index (χ2n) is 7.87. The molecule has 1 aliphatic rings. The number of nitrogens with one attached hydrogen (secondary N) is 1. The summed E-state index contributed by atoms with van der Waals surface area (Å²) in [6, 6.07) is 26.1. The smallest absolute Gasteiger partial charge is 0.330 e. The topological polar surface area (TPSA) is 56.8 Å². The monoisotopic (exact) mass is 493 g/mol. The third-order valence-electron chi connectivity index (χ3n) is 5.65. The summed E-state index contributed by atoms with van der Waals surface area (Å²) in [5, 5.41) is 6.03. The van der Waals surface area contributed by atoms with E-state index in [4.69, 9.17) is 26.0 Å². The molecule has 0 bridgehead atoms. The van der Waals surface area contributed by atoms with Gasteiger partial charge in [0.2, 0.25) is 0 Å². The Kier molecular flexibility index (Phi) is 7.84. The van der Waals surface area contributed by atoms with Crippen molar-refractivity contribution in [1.82, 2.24) is 5.09 Å². The van der Waals surface area contributed by atoms with Crippen LogP contribution in [0.3, 0.4) is 0 Å². The molecule has 3 aromatic rings. The molecule has 3 aromatic carbocycles. The molecule has 0 amide bonds. The van der Waals surface area contributed by atoms with Crippen LogP contribution in [0.1, 0.15) is 24.9 Å². The molecule has 0 aromatic heterocycles. The highest BCUT2D eigenvalue weighted by Crippen LogP contribution is 2.47. The van der Waals surface area contributed by atoms with Crippen LogP contribution in [0.25, 0.3) is 0 Å². The number of rotatable bonds is 8. The maximum Gasteiger partial charge on any atom is 0.330 e. The first-order valence-corrected chi connectivity index (χ1v) is 14.0. The van der Waals surface area contributed by atoms with E-state index < -0.39 is 6.19 Å². The summed E-state index contributed by atoms with van der Waals surface area (Å²) in [4.78, 5) is 11.9. The summed E-state index contributed by atoms with van der Waals surface area (Å²) in [6.45, 7) is 2.12. The Morgan fingerprint density at radius 1 is 1.09 bits per heavy atom. The van der Waals surface area contributed by atoms with Crippen molar-refractivity contribution < 1.29 is 19.0 Å². The number of esters is 1. The van der Waals surface area contributed by atoms with Gasteiger partial charge in [-0.25, -0.2) is 4.79 Å². The van der Waals surface area contributed by atoms with E-state index in [-0.39, 0.29) is 18.1 Å². The summed E-state index contributed by atoms with van der Waals surface area (Å²) >= 11 is 6.42. The molecule has 1 heterocycles. The van der Waals surface area contributed by atoms with Crippen LogP contribution in [0.5, 0.6) is 11.5 Å².